The summed E-state index contributed by atoms with van der Waals surface area (Å²) in [4.78, 5) is 17.8. The van der Waals surface area contributed by atoms with Gasteiger partial charge in [0.05, 0.1) is 0 Å². The molecule has 1 fully saturated rings. The third-order valence-corrected chi connectivity index (χ3v) is 3.19. The molecule has 0 N–H and O–H groups in total. The number of rotatable bonds is 1. The Morgan fingerprint density at radius 2 is 2.17 bits per heavy atom. The fraction of sp³-hybridized carbons (Fsp3) is 0.538. The first kappa shape index (κ1) is 13.3. The van der Waals surface area contributed by atoms with E-state index < -0.39 is 5.60 Å². The van der Waals surface area contributed by atoms with Crippen molar-refractivity contribution < 1.29 is 9.53 Å². The normalized spacial score (nSPS) is 16.3. The molecule has 0 radical (unpaired) electrons. The summed E-state index contributed by atoms with van der Waals surface area (Å²) in [7, 11) is 0. The molecule has 0 unspecified atom stereocenters. The zero-order valence-electron chi connectivity index (χ0n) is 10.8. The average Bonchev–Trinajstić information content (AvgIpc) is 2.11. The van der Waals surface area contributed by atoms with E-state index >= 15 is 0 Å². The van der Waals surface area contributed by atoms with E-state index in [4.69, 9.17) is 4.74 Å². The Morgan fingerprint density at radius 3 is 2.72 bits per heavy atom. The largest absolute Gasteiger partial charge is 0.444 e. The molecule has 0 aliphatic carbocycles. The second-order valence-electron chi connectivity index (χ2n) is 5.48. The molecule has 1 aromatic heterocycles. The van der Waals surface area contributed by atoms with Crippen molar-refractivity contribution in [1.29, 1.82) is 0 Å². The van der Waals surface area contributed by atoms with Crippen LogP contribution in [0.1, 0.15) is 32.4 Å². The zero-order chi connectivity index (χ0) is 13.3. The van der Waals surface area contributed by atoms with E-state index in [9.17, 15) is 4.79 Å². The minimum atomic E-state index is -0.434. The van der Waals surface area contributed by atoms with Crippen LogP contribution < -0.4 is 0 Å². The monoisotopic (exact) mass is 312 g/mol. The van der Waals surface area contributed by atoms with Gasteiger partial charge in [0.15, 0.2) is 0 Å². The molecule has 2 heterocycles. The Hall–Kier alpha value is -1.10. The van der Waals surface area contributed by atoms with Gasteiger partial charge in [-0.1, -0.05) is 15.9 Å². The van der Waals surface area contributed by atoms with Crippen LogP contribution in [0.15, 0.2) is 22.8 Å². The van der Waals surface area contributed by atoms with Crippen molar-refractivity contribution in [2.24, 2.45) is 0 Å². The van der Waals surface area contributed by atoms with Gasteiger partial charge in [0.1, 0.15) is 5.60 Å². The van der Waals surface area contributed by atoms with Crippen LogP contribution in [-0.2, 0) is 4.74 Å². The molecule has 1 aliphatic heterocycles. The van der Waals surface area contributed by atoms with E-state index in [2.05, 4.69) is 20.9 Å². The van der Waals surface area contributed by atoms with E-state index in [0.29, 0.717) is 19.0 Å². The number of nitrogens with zero attached hydrogens (tertiary/aromatic N) is 2. The van der Waals surface area contributed by atoms with Gasteiger partial charge in [0, 0.05) is 35.4 Å². The van der Waals surface area contributed by atoms with Gasteiger partial charge < -0.3 is 9.64 Å². The lowest BCUT2D eigenvalue weighted by Crippen LogP contribution is -2.50. The van der Waals surface area contributed by atoms with E-state index in [0.717, 1.165) is 10.2 Å². The maximum atomic E-state index is 11.8. The number of amides is 1. The third kappa shape index (κ3) is 3.22. The van der Waals surface area contributed by atoms with Gasteiger partial charge in [-0.3, -0.25) is 4.98 Å². The summed E-state index contributed by atoms with van der Waals surface area (Å²) >= 11 is 3.42. The van der Waals surface area contributed by atoms with Crippen molar-refractivity contribution in [2.45, 2.75) is 32.3 Å². The Labute approximate surface area is 115 Å². The number of pyridine rings is 1. The van der Waals surface area contributed by atoms with Crippen molar-refractivity contribution in [2.75, 3.05) is 13.1 Å². The Bertz CT molecular complexity index is 451. The second-order valence-corrected chi connectivity index (χ2v) is 6.40. The van der Waals surface area contributed by atoms with Crippen molar-refractivity contribution in [3.63, 3.8) is 0 Å². The van der Waals surface area contributed by atoms with E-state index in [-0.39, 0.29) is 6.09 Å². The maximum absolute atomic E-state index is 11.8. The average molecular weight is 313 g/mol. The fourth-order valence-electron chi connectivity index (χ4n) is 1.79. The van der Waals surface area contributed by atoms with Crippen LogP contribution in [0.5, 0.6) is 0 Å². The number of hydrogen-bond donors (Lipinski definition) is 0. The molecule has 0 aromatic carbocycles. The lowest BCUT2D eigenvalue weighted by molar-refractivity contribution is 0.00787. The molecule has 4 nitrogen and oxygen atoms in total. The number of likely N-dealkylation sites (tertiary alicyclic amines) is 1. The molecule has 0 bridgehead atoms. The SMILES string of the molecule is CC(C)(C)OC(=O)N1CC(c2cc(Br)ccn2)C1. The first-order chi connectivity index (χ1) is 8.35. The predicted molar refractivity (Wildman–Crippen MR) is 72.5 cm³/mol. The number of aromatic nitrogens is 1. The number of ether oxygens (including phenoxy) is 1. The van der Waals surface area contributed by atoms with Crippen LogP contribution >= 0.6 is 15.9 Å². The molecule has 18 heavy (non-hydrogen) atoms. The third-order valence-electron chi connectivity index (χ3n) is 2.69. The summed E-state index contributed by atoms with van der Waals surface area (Å²) in [5, 5.41) is 0. The minimum Gasteiger partial charge on any atom is -0.444 e. The highest BCUT2D eigenvalue weighted by Crippen LogP contribution is 2.28. The minimum absolute atomic E-state index is 0.242. The maximum Gasteiger partial charge on any atom is 0.410 e. The smallest absolute Gasteiger partial charge is 0.410 e. The van der Waals surface area contributed by atoms with Crippen molar-refractivity contribution in [1.82, 2.24) is 9.88 Å². The van der Waals surface area contributed by atoms with Gasteiger partial charge in [-0.15, -0.1) is 0 Å². The Morgan fingerprint density at radius 1 is 1.50 bits per heavy atom. The van der Waals surface area contributed by atoms with E-state index in [1.165, 1.54) is 0 Å². The van der Waals surface area contributed by atoms with Gasteiger partial charge in [0.25, 0.3) is 0 Å². The van der Waals surface area contributed by atoms with Gasteiger partial charge in [0.2, 0.25) is 0 Å². The number of halogens is 1. The number of hydrogen-bond acceptors (Lipinski definition) is 3. The van der Waals surface area contributed by atoms with Gasteiger partial charge >= 0.3 is 6.09 Å². The summed E-state index contributed by atoms with van der Waals surface area (Å²) in [5.41, 5.74) is 0.583. The molecule has 0 saturated carbocycles. The fourth-order valence-corrected chi connectivity index (χ4v) is 2.14. The second kappa shape index (κ2) is 4.88. The van der Waals surface area contributed by atoms with Crippen LogP contribution in [0.2, 0.25) is 0 Å². The standard InChI is InChI=1S/C13H17BrN2O2/c1-13(2,3)18-12(17)16-7-9(8-16)11-6-10(14)4-5-15-11/h4-6,9H,7-8H2,1-3H3. The molecule has 0 spiro atoms. The lowest BCUT2D eigenvalue weighted by atomic mass is 9.96. The van der Waals surface area contributed by atoms with Crippen LogP contribution in [-0.4, -0.2) is 34.7 Å². The molecule has 2 rings (SSSR count). The van der Waals surface area contributed by atoms with Crippen molar-refractivity contribution in [3.8, 4) is 0 Å². The molecule has 1 saturated heterocycles. The van der Waals surface area contributed by atoms with Crippen LogP contribution in [0, 0.1) is 0 Å². The van der Waals surface area contributed by atoms with Crippen molar-refractivity contribution in [3.05, 3.63) is 28.5 Å². The van der Waals surface area contributed by atoms with E-state index in [1.54, 1.807) is 11.1 Å². The highest BCUT2D eigenvalue weighted by Gasteiger charge is 2.35. The van der Waals surface area contributed by atoms with Crippen LogP contribution in [0.4, 0.5) is 4.79 Å². The van der Waals surface area contributed by atoms with Crippen LogP contribution in [0.3, 0.4) is 0 Å². The summed E-state index contributed by atoms with van der Waals surface area (Å²) < 4.78 is 6.32. The topological polar surface area (TPSA) is 42.4 Å². The molecular weight excluding hydrogens is 296 g/mol. The summed E-state index contributed by atoms with van der Waals surface area (Å²) in [6.07, 6.45) is 1.53. The molecule has 98 valence electrons. The molecule has 0 atom stereocenters. The molecule has 1 amide bonds. The first-order valence-corrected chi connectivity index (χ1v) is 6.74. The quantitative estimate of drug-likeness (QED) is 0.800. The van der Waals surface area contributed by atoms with Gasteiger partial charge in [-0.05, 0) is 32.9 Å². The zero-order valence-corrected chi connectivity index (χ0v) is 12.4. The van der Waals surface area contributed by atoms with Crippen molar-refractivity contribution >= 4 is 22.0 Å². The van der Waals surface area contributed by atoms with E-state index in [1.807, 2.05) is 32.9 Å². The predicted octanol–water partition coefficient (Wildman–Crippen LogP) is 3.18. The first-order valence-electron chi connectivity index (χ1n) is 5.94. The highest BCUT2D eigenvalue weighted by atomic mass is 79.9. The molecule has 1 aromatic rings. The van der Waals surface area contributed by atoms with Crippen LogP contribution in [0.25, 0.3) is 0 Å². The molecule has 1 aliphatic rings. The molecular formula is C13H17BrN2O2. The lowest BCUT2D eigenvalue weighted by Gasteiger charge is -2.39. The Kier molecular flexibility index (Phi) is 3.61. The Balaban J connectivity index is 1.89. The summed E-state index contributed by atoms with van der Waals surface area (Å²) in [5.74, 6) is 0.315. The molecule has 5 heteroatoms. The highest BCUT2D eigenvalue weighted by molar-refractivity contribution is 9.10. The van der Waals surface area contributed by atoms with Gasteiger partial charge in [-0.2, -0.15) is 0 Å². The van der Waals surface area contributed by atoms with Gasteiger partial charge in [-0.25, -0.2) is 4.79 Å². The summed E-state index contributed by atoms with van der Waals surface area (Å²) in [6, 6.07) is 3.89. The number of carbonyl (C=O) groups is 1. The number of carbonyl (C=O) groups excluding carboxylic acids is 1. The summed E-state index contributed by atoms with van der Waals surface area (Å²) in [6.45, 7) is 6.98.